The van der Waals surface area contributed by atoms with Crippen LogP contribution in [0.4, 0.5) is 0 Å². The minimum absolute atomic E-state index is 0.00378. The Labute approximate surface area is 107 Å². The number of hydrogen-bond donors (Lipinski definition) is 2. The van der Waals surface area contributed by atoms with Crippen LogP contribution in [-0.4, -0.2) is 18.1 Å². The van der Waals surface area contributed by atoms with Crippen molar-refractivity contribution in [2.24, 2.45) is 5.90 Å². The molecular formula is C8H21NO7P2. The van der Waals surface area contributed by atoms with E-state index in [-0.39, 0.29) is 13.2 Å². The molecule has 2 atom stereocenters. The molecule has 8 nitrogen and oxygen atoms in total. The first kappa shape index (κ1) is 18.2. The van der Waals surface area contributed by atoms with Crippen LogP contribution in [0, 0.1) is 0 Å². The molecule has 10 heteroatoms. The molecule has 18 heavy (non-hydrogen) atoms. The quantitative estimate of drug-likeness (QED) is 0.340. The van der Waals surface area contributed by atoms with E-state index < -0.39 is 15.6 Å². The molecule has 0 radical (unpaired) electrons. The summed E-state index contributed by atoms with van der Waals surface area (Å²) in [5.74, 6) is 4.75. The van der Waals surface area contributed by atoms with Gasteiger partial charge in [0.1, 0.15) is 0 Å². The third-order valence-electron chi connectivity index (χ3n) is 1.83. The van der Waals surface area contributed by atoms with E-state index in [1.54, 1.807) is 0 Å². The van der Waals surface area contributed by atoms with Crippen molar-refractivity contribution >= 4 is 15.6 Å². The first-order valence-corrected chi connectivity index (χ1v) is 8.66. The van der Waals surface area contributed by atoms with Gasteiger partial charge in [-0.25, -0.2) is 19.7 Å². The molecule has 0 amide bonds. The zero-order chi connectivity index (χ0) is 14.1. The van der Waals surface area contributed by atoms with Gasteiger partial charge in [-0.05, 0) is 12.8 Å². The Morgan fingerprint density at radius 3 is 2.00 bits per heavy atom. The van der Waals surface area contributed by atoms with Crippen molar-refractivity contribution in [3.8, 4) is 0 Å². The van der Waals surface area contributed by atoms with Crippen LogP contribution in [0.5, 0.6) is 0 Å². The van der Waals surface area contributed by atoms with Crippen LogP contribution in [0.25, 0.3) is 0 Å². The highest BCUT2D eigenvalue weighted by molar-refractivity contribution is 7.61. The fourth-order valence-corrected chi connectivity index (χ4v) is 3.18. The van der Waals surface area contributed by atoms with Crippen molar-refractivity contribution in [3.05, 3.63) is 0 Å². The first-order chi connectivity index (χ1) is 8.39. The summed E-state index contributed by atoms with van der Waals surface area (Å²) >= 11 is 0. The molecule has 0 fully saturated rings. The van der Waals surface area contributed by atoms with Gasteiger partial charge in [0.25, 0.3) is 0 Å². The molecule has 110 valence electrons. The van der Waals surface area contributed by atoms with Gasteiger partial charge in [-0.15, -0.1) is 0 Å². The molecule has 0 heterocycles. The highest BCUT2D eigenvalue weighted by Crippen LogP contribution is 2.62. The van der Waals surface area contributed by atoms with Gasteiger partial charge < -0.3 is 4.89 Å². The van der Waals surface area contributed by atoms with Crippen LogP contribution >= 0.6 is 15.6 Å². The molecule has 0 bridgehead atoms. The van der Waals surface area contributed by atoms with Crippen LogP contribution in [0.2, 0.25) is 0 Å². The first-order valence-electron chi connectivity index (χ1n) is 5.71. The average molecular weight is 305 g/mol. The number of unbranched alkanes of at least 4 members (excludes halogenated alkanes) is 2. The maximum absolute atomic E-state index is 11.7. The van der Waals surface area contributed by atoms with Crippen molar-refractivity contribution in [3.63, 3.8) is 0 Å². The van der Waals surface area contributed by atoms with Gasteiger partial charge in [-0.1, -0.05) is 26.7 Å². The molecular weight excluding hydrogens is 284 g/mol. The summed E-state index contributed by atoms with van der Waals surface area (Å²) in [6, 6.07) is 0. The molecule has 0 aromatic carbocycles. The Morgan fingerprint density at radius 2 is 1.56 bits per heavy atom. The zero-order valence-electron chi connectivity index (χ0n) is 10.6. The van der Waals surface area contributed by atoms with E-state index in [2.05, 4.69) is 13.5 Å². The number of rotatable bonds is 11. The van der Waals surface area contributed by atoms with Crippen LogP contribution in [0.1, 0.15) is 39.5 Å². The van der Waals surface area contributed by atoms with Crippen molar-refractivity contribution in [2.75, 3.05) is 13.2 Å². The second kappa shape index (κ2) is 9.18. The maximum atomic E-state index is 11.7. The Bertz CT molecular complexity index is 312. The molecule has 0 aromatic heterocycles. The van der Waals surface area contributed by atoms with Gasteiger partial charge >= 0.3 is 15.6 Å². The Kier molecular flexibility index (Phi) is 9.29. The number of phosphoric acid groups is 2. The molecule has 0 aliphatic rings. The van der Waals surface area contributed by atoms with Crippen LogP contribution in [0.15, 0.2) is 0 Å². The zero-order valence-corrected chi connectivity index (χ0v) is 12.4. The lowest BCUT2D eigenvalue weighted by Crippen LogP contribution is -2.06. The summed E-state index contributed by atoms with van der Waals surface area (Å²) in [5.41, 5.74) is 0. The Morgan fingerprint density at radius 1 is 1.06 bits per heavy atom. The summed E-state index contributed by atoms with van der Waals surface area (Å²) in [4.78, 5) is 9.29. The fraction of sp³-hybridized carbons (Fsp3) is 1.00. The van der Waals surface area contributed by atoms with Crippen molar-refractivity contribution in [2.45, 2.75) is 39.5 Å². The van der Waals surface area contributed by atoms with E-state index in [0.29, 0.717) is 12.8 Å². The highest BCUT2D eigenvalue weighted by atomic mass is 31.3. The Balaban J connectivity index is 4.31. The fourth-order valence-electron chi connectivity index (χ4n) is 0.868. The van der Waals surface area contributed by atoms with E-state index in [0.717, 1.165) is 12.8 Å². The molecule has 0 rings (SSSR count). The second-order valence-corrected chi connectivity index (χ2v) is 6.69. The topological polar surface area (TPSA) is 117 Å². The maximum Gasteiger partial charge on any atom is 0.500 e. The molecule has 0 aliphatic heterocycles. The minimum atomic E-state index is -4.50. The SMILES string of the molecule is CCCCOP(=O)(O)OP(=O)(ON)OCCCC. The molecule has 0 aliphatic carbocycles. The monoisotopic (exact) mass is 305 g/mol. The van der Waals surface area contributed by atoms with Crippen LogP contribution < -0.4 is 5.90 Å². The van der Waals surface area contributed by atoms with Crippen LogP contribution in [0.3, 0.4) is 0 Å². The van der Waals surface area contributed by atoms with E-state index >= 15 is 0 Å². The Hall–Kier alpha value is 0.220. The third-order valence-corrected chi connectivity index (χ3v) is 4.72. The third kappa shape index (κ3) is 8.34. The van der Waals surface area contributed by atoms with Gasteiger partial charge in [0.15, 0.2) is 0 Å². The normalized spacial score (nSPS) is 18.2. The lowest BCUT2D eigenvalue weighted by atomic mass is 10.4. The van der Waals surface area contributed by atoms with Gasteiger partial charge in [-0.2, -0.15) is 4.31 Å². The lowest BCUT2D eigenvalue weighted by molar-refractivity contribution is 0.126. The average Bonchev–Trinajstić information content (AvgIpc) is 2.29. The molecule has 0 spiro atoms. The summed E-state index contributed by atoms with van der Waals surface area (Å²) in [6.07, 6.45) is 2.72. The van der Waals surface area contributed by atoms with Crippen molar-refractivity contribution < 1.29 is 32.0 Å². The summed E-state index contributed by atoms with van der Waals surface area (Å²) < 4.78 is 40.8. The molecule has 3 N–H and O–H groups in total. The number of phosphoric ester groups is 1. The van der Waals surface area contributed by atoms with Crippen molar-refractivity contribution in [1.82, 2.24) is 0 Å². The van der Waals surface area contributed by atoms with Crippen LogP contribution in [-0.2, 0) is 27.1 Å². The molecule has 0 saturated heterocycles. The van der Waals surface area contributed by atoms with E-state index in [1.165, 1.54) is 0 Å². The largest absolute Gasteiger partial charge is 0.500 e. The van der Waals surface area contributed by atoms with E-state index in [9.17, 15) is 14.0 Å². The summed E-state index contributed by atoms with van der Waals surface area (Å²) in [5, 5.41) is 0. The summed E-state index contributed by atoms with van der Waals surface area (Å²) in [7, 11) is -8.76. The molecule has 0 saturated carbocycles. The standard InChI is InChI=1S/C8H21NO7P2/c1-3-5-7-13-17(10,11)16-18(12,15-9)14-8-6-4-2/h3-9H2,1-2H3,(H,10,11). The van der Waals surface area contributed by atoms with Crippen molar-refractivity contribution in [1.29, 1.82) is 0 Å². The molecule has 2 unspecified atom stereocenters. The smallest absolute Gasteiger partial charge is 0.302 e. The summed E-state index contributed by atoms with van der Waals surface area (Å²) in [6.45, 7) is 3.82. The molecule has 0 aromatic rings. The van der Waals surface area contributed by atoms with Gasteiger partial charge in [0, 0.05) is 0 Å². The van der Waals surface area contributed by atoms with Gasteiger partial charge in [0.2, 0.25) is 0 Å². The van der Waals surface area contributed by atoms with Gasteiger partial charge in [-0.3, -0.25) is 9.05 Å². The van der Waals surface area contributed by atoms with Gasteiger partial charge in [0.05, 0.1) is 13.2 Å². The number of hydrogen-bond acceptors (Lipinski definition) is 7. The lowest BCUT2D eigenvalue weighted by Gasteiger charge is -2.17. The highest BCUT2D eigenvalue weighted by Gasteiger charge is 2.37. The van der Waals surface area contributed by atoms with E-state index in [1.807, 2.05) is 13.8 Å². The minimum Gasteiger partial charge on any atom is -0.302 e. The predicted molar refractivity (Wildman–Crippen MR) is 65.5 cm³/mol. The number of nitrogens with two attached hydrogens (primary N) is 1. The predicted octanol–water partition coefficient (Wildman–Crippen LogP) is 2.74. The van der Waals surface area contributed by atoms with E-state index in [4.69, 9.17) is 10.4 Å². The second-order valence-electron chi connectivity index (χ2n) is 3.48.